The van der Waals surface area contributed by atoms with Crippen LogP contribution >= 0.6 is 0 Å². The van der Waals surface area contributed by atoms with Gasteiger partial charge in [-0.3, -0.25) is 4.40 Å². The van der Waals surface area contributed by atoms with Gasteiger partial charge >= 0.3 is 0 Å². The zero-order valence-electron chi connectivity index (χ0n) is 7.38. The highest BCUT2D eigenvalue weighted by atomic mass is 15.3. The van der Waals surface area contributed by atoms with E-state index in [0.717, 1.165) is 16.6 Å². The second-order valence-corrected chi connectivity index (χ2v) is 3.14. The van der Waals surface area contributed by atoms with Crippen molar-refractivity contribution in [2.24, 2.45) is 0 Å². The van der Waals surface area contributed by atoms with Crippen molar-refractivity contribution in [2.45, 2.75) is 0 Å². The van der Waals surface area contributed by atoms with Gasteiger partial charge in [-0.15, -0.1) is 10.2 Å². The topological polar surface area (TPSA) is 56.2 Å². The Morgan fingerprint density at radius 3 is 2.79 bits per heavy atom. The van der Waals surface area contributed by atoms with Gasteiger partial charge in [-0.2, -0.15) is 0 Å². The molecule has 0 saturated carbocycles. The van der Waals surface area contributed by atoms with Crippen LogP contribution in [-0.2, 0) is 0 Å². The van der Waals surface area contributed by atoms with Gasteiger partial charge < -0.3 is 5.73 Å². The molecule has 0 spiro atoms. The molecule has 0 saturated heterocycles. The first-order chi connectivity index (χ1) is 6.86. The third-order valence-electron chi connectivity index (χ3n) is 2.30. The van der Waals surface area contributed by atoms with Crippen LogP contribution in [0.25, 0.3) is 16.6 Å². The zero-order valence-corrected chi connectivity index (χ0v) is 7.38. The van der Waals surface area contributed by atoms with E-state index < -0.39 is 0 Å². The third kappa shape index (κ3) is 0.821. The summed E-state index contributed by atoms with van der Waals surface area (Å²) in [5.74, 6) is 0.428. The van der Waals surface area contributed by atoms with Gasteiger partial charge in [0.2, 0.25) is 5.95 Å². The van der Waals surface area contributed by atoms with Crippen LogP contribution in [0.5, 0.6) is 0 Å². The minimum Gasteiger partial charge on any atom is -0.368 e. The van der Waals surface area contributed by atoms with Crippen LogP contribution in [0.3, 0.4) is 0 Å². The van der Waals surface area contributed by atoms with Gasteiger partial charge in [-0.1, -0.05) is 18.2 Å². The summed E-state index contributed by atoms with van der Waals surface area (Å²) < 4.78 is 1.84. The predicted octanol–water partition coefficient (Wildman–Crippen LogP) is 1.46. The van der Waals surface area contributed by atoms with Crippen LogP contribution in [0.15, 0.2) is 36.4 Å². The highest BCUT2D eigenvalue weighted by Crippen LogP contribution is 2.17. The lowest BCUT2D eigenvalue weighted by Gasteiger charge is -2.00. The van der Waals surface area contributed by atoms with E-state index in [1.807, 2.05) is 40.8 Å². The van der Waals surface area contributed by atoms with E-state index in [1.54, 1.807) is 0 Å². The molecule has 4 nitrogen and oxygen atoms in total. The van der Waals surface area contributed by atoms with Crippen LogP contribution in [-0.4, -0.2) is 14.6 Å². The number of nitrogen functional groups attached to an aromatic ring is 1. The smallest absolute Gasteiger partial charge is 0.226 e. The SMILES string of the molecule is Nc1nnc2ccc3ccccc3n12. The number of nitrogens with zero attached hydrogens (tertiary/aromatic N) is 3. The fourth-order valence-corrected chi connectivity index (χ4v) is 1.66. The standard InChI is InChI=1S/C10H8N4/c11-10-13-12-9-6-5-7-3-1-2-4-8(7)14(9)10/h1-6H,(H2,11,13). The number of pyridine rings is 1. The molecule has 2 heterocycles. The van der Waals surface area contributed by atoms with Crippen molar-refractivity contribution in [3.05, 3.63) is 36.4 Å². The normalized spacial score (nSPS) is 11.1. The van der Waals surface area contributed by atoms with Crippen LogP contribution in [0.4, 0.5) is 5.95 Å². The number of benzene rings is 1. The number of anilines is 1. The molecule has 1 aromatic carbocycles. The number of nitrogens with two attached hydrogens (primary N) is 1. The molecule has 0 aliphatic heterocycles. The molecule has 3 aromatic rings. The number of hydrogen-bond acceptors (Lipinski definition) is 3. The molecule has 0 atom stereocenters. The van der Waals surface area contributed by atoms with E-state index >= 15 is 0 Å². The summed E-state index contributed by atoms with van der Waals surface area (Å²) in [6, 6.07) is 11.9. The molecule has 3 rings (SSSR count). The highest BCUT2D eigenvalue weighted by molar-refractivity contribution is 5.82. The molecule has 14 heavy (non-hydrogen) atoms. The van der Waals surface area contributed by atoms with Gasteiger partial charge in [0.1, 0.15) is 0 Å². The van der Waals surface area contributed by atoms with Crippen LogP contribution < -0.4 is 5.73 Å². The summed E-state index contributed by atoms with van der Waals surface area (Å²) in [4.78, 5) is 0. The Bertz CT molecular complexity index is 612. The molecule has 0 bridgehead atoms. The van der Waals surface area contributed by atoms with Gasteiger partial charge in [0.05, 0.1) is 5.52 Å². The predicted molar refractivity (Wildman–Crippen MR) is 54.9 cm³/mol. The van der Waals surface area contributed by atoms with Crippen molar-refractivity contribution in [3.63, 3.8) is 0 Å². The second kappa shape index (κ2) is 2.45. The van der Waals surface area contributed by atoms with E-state index in [-0.39, 0.29) is 0 Å². The maximum atomic E-state index is 5.73. The first-order valence-electron chi connectivity index (χ1n) is 4.34. The molecule has 0 amide bonds. The minimum absolute atomic E-state index is 0.428. The van der Waals surface area contributed by atoms with E-state index in [9.17, 15) is 0 Å². The van der Waals surface area contributed by atoms with E-state index in [1.165, 1.54) is 0 Å². The average molecular weight is 184 g/mol. The largest absolute Gasteiger partial charge is 0.368 e. The first kappa shape index (κ1) is 7.32. The second-order valence-electron chi connectivity index (χ2n) is 3.14. The number of fused-ring (bicyclic) bond motifs is 3. The van der Waals surface area contributed by atoms with Crippen molar-refractivity contribution in [1.29, 1.82) is 0 Å². The van der Waals surface area contributed by atoms with Crippen molar-refractivity contribution >= 4 is 22.5 Å². The fraction of sp³-hybridized carbons (Fsp3) is 0. The maximum absolute atomic E-state index is 5.73. The molecule has 0 aliphatic rings. The number of rotatable bonds is 0. The molecular weight excluding hydrogens is 176 g/mol. The van der Waals surface area contributed by atoms with Gasteiger partial charge in [-0.25, -0.2) is 0 Å². The van der Waals surface area contributed by atoms with Crippen molar-refractivity contribution in [2.75, 3.05) is 5.73 Å². The lowest BCUT2D eigenvalue weighted by atomic mass is 10.2. The van der Waals surface area contributed by atoms with Crippen molar-refractivity contribution < 1.29 is 0 Å². The molecule has 0 fully saturated rings. The Kier molecular flexibility index (Phi) is 1.28. The number of para-hydroxylation sites is 1. The summed E-state index contributed by atoms with van der Waals surface area (Å²) >= 11 is 0. The summed E-state index contributed by atoms with van der Waals surface area (Å²) in [5.41, 5.74) is 7.55. The lowest BCUT2D eigenvalue weighted by Crippen LogP contribution is -1.95. The molecule has 4 heteroatoms. The Balaban J connectivity index is 2.65. The van der Waals surface area contributed by atoms with Crippen LogP contribution in [0.1, 0.15) is 0 Å². The average Bonchev–Trinajstić information content (AvgIpc) is 2.61. The molecule has 0 aliphatic carbocycles. The zero-order chi connectivity index (χ0) is 9.54. The van der Waals surface area contributed by atoms with Gasteiger partial charge in [0.25, 0.3) is 0 Å². The third-order valence-corrected chi connectivity index (χ3v) is 2.30. The van der Waals surface area contributed by atoms with E-state index in [4.69, 9.17) is 5.73 Å². The molecule has 2 aromatic heterocycles. The summed E-state index contributed by atoms with van der Waals surface area (Å²) in [7, 11) is 0. The number of aromatic nitrogens is 3. The van der Waals surface area contributed by atoms with Gasteiger partial charge in [0, 0.05) is 0 Å². The summed E-state index contributed by atoms with van der Waals surface area (Å²) in [5, 5.41) is 8.92. The Hall–Kier alpha value is -2.10. The van der Waals surface area contributed by atoms with E-state index in [2.05, 4.69) is 10.2 Å². The Morgan fingerprint density at radius 1 is 1.00 bits per heavy atom. The molecule has 2 N–H and O–H groups in total. The monoisotopic (exact) mass is 184 g/mol. The summed E-state index contributed by atoms with van der Waals surface area (Å²) in [6.07, 6.45) is 0. The van der Waals surface area contributed by atoms with Crippen molar-refractivity contribution in [1.82, 2.24) is 14.6 Å². The van der Waals surface area contributed by atoms with Gasteiger partial charge in [0.15, 0.2) is 5.65 Å². The van der Waals surface area contributed by atoms with Crippen molar-refractivity contribution in [3.8, 4) is 0 Å². The summed E-state index contributed by atoms with van der Waals surface area (Å²) in [6.45, 7) is 0. The lowest BCUT2D eigenvalue weighted by molar-refractivity contribution is 1.12. The molecule has 0 unspecified atom stereocenters. The fourth-order valence-electron chi connectivity index (χ4n) is 1.66. The van der Waals surface area contributed by atoms with Crippen LogP contribution in [0.2, 0.25) is 0 Å². The first-order valence-corrected chi connectivity index (χ1v) is 4.34. The maximum Gasteiger partial charge on any atom is 0.226 e. The molecule has 0 radical (unpaired) electrons. The molecular formula is C10H8N4. The highest BCUT2D eigenvalue weighted by Gasteiger charge is 2.04. The number of hydrogen-bond donors (Lipinski definition) is 1. The quantitative estimate of drug-likeness (QED) is 0.575. The molecule has 68 valence electrons. The van der Waals surface area contributed by atoms with Gasteiger partial charge in [-0.05, 0) is 23.6 Å². The minimum atomic E-state index is 0.428. The Morgan fingerprint density at radius 2 is 1.86 bits per heavy atom. The Labute approximate surface area is 80.0 Å². The van der Waals surface area contributed by atoms with E-state index in [0.29, 0.717) is 5.95 Å². The van der Waals surface area contributed by atoms with Crippen LogP contribution in [0, 0.1) is 0 Å².